The highest BCUT2D eigenvalue weighted by molar-refractivity contribution is 7.98. The van der Waals surface area contributed by atoms with E-state index in [1.54, 1.807) is 24.3 Å². The van der Waals surface area contributed by atoms with Crippen LogP contribution in [0, 0.1) is 15.9 Å². The van der Waals surface area contributed by atoms with Crippen LogP contribution in [0.5, 0.6) is 0 Å². The van der Waals surface area contributed by atoms with Crippen LogP contribution in [0.15, 0.2) is 82.7 Å². The molecule has 0 aliphatic rings. The normalized spacial score (nSPS) is 11.3. The van der Waals surface area contributed by atoms with E-state index in [0.717, 1.165) is 16.5 Å². The van der Waals surface area contributed by atoms with Crippen LogP contribution < -0.4 is 5.56 Å². The molecule has 9 heteroatoms. The summed E-state index contributed by atoms with van der Waals surface area (Å²) in [4.78, 5) is 31.7. The van der Waals surface area contributed by atoms with Crippen LogP contribution in [-0.4, -0.2) is 19.5 Å². The Morgan fingerprint density at radius 2 is 1.75 bits per heavy atom. The summed E-state index contributed by atoms with van der Waals surface area (Å²) >= 11 is 1.26. The molecule has 0 saturated heterocycles. The standard InChI is InChI=1S/C23H15FN4O3S/c24-17-6-2-4-8-19(17)27-22(29)21-20(16-5-1-3-7-18(16)25-21)26-23(27)32-13-14-9-11-15(12-10-14)28(30)31/h1-12,25H,13H2. The van der Waals surface area contributed by atoms with Crippen LogP contribution in [0.2, 0.25) is 0 Å². The summed E-state index contributed by atoms with van der Waals surface area (Å²) in [7, 11) is 0. The van der Waals surface area contributed by atoms with E-state index in [0.29, 0.717) is 21.9 Å². The lowest BCUT2D eigenvalue weighted by Gasteiger charge is -2.13. The fraction of sp³-hybridized carbons (Fsp3) is 0.0435. The molecule has 0 aliphatic carbocycles. The van der Waals surface area contributed by atoms with Gasteiger partial charge < -0.3 is 4.98 Å². The molecule has 2 heterocycles. The largest absolute Gasteiger partial charge is 0.349 e. The maximum absolute atomic E-state index is 14.7. The Morgan fingerprint density at radius 1 is 1.03 bits per heavy atom. The number of nitro benzene ring substituents is 1. The maximum atomic E-state index is 14.7. The highest BCUT2D eigenvalue weighted by atomic mass is 32.2. The van der Waals surface area contributed by atoms with Crippen molar-refractivity contribution in [3.8, 4) is 5.69 Å². The predicted molar refractivity (Wildman–Crippen MR) is 122 cm³/mol. The molecule has 0 radical (unpaired) electrons. The summed E-state index contributed by atoms with van der Waals surface area (Å²) < 4.78 is 15.9. The maximum Gasteiger partial charge on any atom is 0.283 e. The number of nitrogens with zero attached hydrogens (tertiary/aromatic N) is 3. The molecule has 0 bridgehead atoms. The van der Waals surface area contributed by atoms with Gasteiger partial charge in [-0.2, -0.15) is 0 Å². The van der Waals surface area contributed by atoms with Gasteiger partial charge >= 0.3 is 0 Å². The van der Waals surface area contributed by atoms with Crippen molar-refractivity contribution in [1.82, 2.24) is 14.5 Å². The molecule has 0 spiro atoms. The molecule has 0 atom stereocenters. The Hall–Kier alpha value is -3.98. The molecule has 1 N–H and O–H groups in total. The van der Waals surface area contributed by atoms with Gasteiger partial charge in [-0.3, -0.25) is 19.5 Å². The summed E-state index contributed by atoms with van der Waals surface area (Å²) in [5, 5.41) is 12.0. The Bertz CT molecular complexity index is 1540. The molecular weight excluding hydrogens is 431 g/mol. The number of para-hydroxylation sites is 2. The summed E-state index contributed by atoms with van der Waals surface area (Å²) in [5.74, 6) is -0.142. The van der Waals surface area contributed by atoms with Gasteiger partial charge in [-0.25, -0.2) is 9.37 Å². The van der Waals surface area contributed by atoms with Crippen molar-refractivity contribution in [3.63, 3.8) is 0 Å². The van der Waals surface area contributed by atoms with Crippen LogP contribution in [0.1, 0.15) is 5.56 Å². The highest BCUT2D eigenvalue weighted by Gasteiger charge is 2.19. The lowest BCUT2D eigenvalue weighted by Crippen LogP contribution is -2.22. The van der Waals surface area contributed by atoms with E-state index in [2.05, 4.69) is 4.98 Å². The van der Waals surface area contributed by atoms with Gasteiger partial charge in [0, 0.05) is 28.8 Å². The van der Waals surface area contributed by atoms with Crippen LogP contribution in [-0.2, 0) is 5.75 Å². The zero-order valence-electron chi connectivity index (χ0n) is 16.5. The first-order valence-electron chi connectivity index (χ1n) is 9.67. The van der Waals surface area contributed by atoms with Crippen LogP contribution in [0.3, 0.4) is 0 Å². The minimum atomic E-state index is -0.538. The number of aromatic amines is 1. The second-order valence-electron chi connectivity index (χ2n) is 7.09. The molecule has 0 aliphatic heterocycles. The second kappa shape index (κ2) is 7.93. The number of fused-ring (bicyclic) bond motifs is 3. The third kappa shape index (κ3) is 3.42. The Labute approximate surface area is 184 Å². The number of aromatic nitrogens is 3. The van der Waals surface area contributed by atoms with Gasteiger partial charge in [0.1, 0.15) is 16.9 Å². The number of halogens is 1. The Kier molecular flexibility index (Phi) is 4.95. The topological polar surface area (TPSA) is 93.8 Å². The van der Waals surface area contributed by atoms with E-state index < -0.39 is 16.3 Å². The monoisotopic (exact) mass is 446 g/mol. The number of thioether (sulfide) groups is 1. The van der Waals surface area contributed by atoms with E-state index in [1.165, 1.54) is 40.6 Å². The quantitative estimate of drug-likeness (QED) is 0.173. The van der Waals surface area contributed by atoms with Crippen molar-refractivity contribution in [2.75, 3.05) is 0 Å². The van der Waals surface area contributed by atoms with Crippen molar-refractivity contribution < 1.29 is 9.31 Å². The fourth-order valence-corrected chi connectivity index (χ4v) is 4.50. The lowest BCUT2D eigenvalue weighted by molar-refractivity contribution is -0.384. The summed E-state index contributed by atoms with van der Waals surface area (Å²) in [5.41, 5.74) is 2.11. The van der Waals surface area contributed by atoms with Gasteiger partial charge in [0.2, 0.25) is 0 Å². The van der Waals surface area contributed by atoms with Crippen LogP contribution >= 0.6 is 11.8 Å². The van der Waals surface area contributed by atoms with Gasteiger partial charge in [-0.15, -0.1) is 0 Å². The van der Waals surface area contributed by atoms with Crippen LogP contribution in [0.4, 0.5) is 10.1 Å². The van der Waals surface area contributed by atoms with Gasteiger partial charge in [-0.1, -0.05) is 54.2 Å². The first-order valence-corrected chi connectivity index (χ1v) is 10.7. The van der Waals surface area contributed by atoms with Crippen molar-refractivity contribution in [2.24, 2.45) is 0 Å². The van der Waals surface area contributed by atoms with E-state index in [9.17, 15) is 19.3 Å². The summed E-state index contributed by atoms with van der Waals surface area (Å²) in [6, 6.07) is 19.7. The smallest absolute Gasteiger partial charge is 0.283 e. The second-order valence-corrected chi connectivity index (χ2v) is 8.04. The van der Waals surface area contributed by atoms with Crippen molar-refractivity contribution in [3.05, 3.63) is 105 Å². The first-order chi connectivity index (χ1) is 15.5. The number of hydrogen-bond acceptors (Lipinski definition) is 5. The van der Waals surface area contributed by atoms with Gasteiger partial charge in [0.05, 0.1) is 10.6 Å². The number of nitrogens with one attached hydrogen (secondary N) is 1. The van der Waals surface area contributed by atoms with Gasteiger partial charge in [0.25, 0.3) is 11.2 Å². The average molecular weight is 446 g/mol. The highest BCUT2D eigenvalue weighted by Crippen LogP contribution is 2.29. The molecule has 32 heavy (non-hydrogen) atoms. The number of hydrogen-bond donors (Lipinski definition) is 1. The fourth-order valence-electron chi connectivity index (χ4n) is 3.55. The zero-order valence-corrected chi connectivity index (χ0v) is 17.3. The number of nitro groups is 1. The third-order valence-electron chi connectivity index (χ3n) is 5.10. The van der Waals surface area contributed by atoms with Gasteiger partial charge in [0.15, 0.2) is 5.16 Å². The third-order valence-corrected chi connectivity index (χ3v) is 6.11. The molecule has 3 aromatic carbocycles. The Balaban J connectivity index is 1.66. The summed E-state index contributed by atoms with van der Waals surface area (Å²) in [6.45, 7) is 0. The molecule has 7 nitrogen and oxygen atoms in total. The molecule has 0 saturated carbocycles. The molecule has 0 fully saturated rings. The summed E-state index contributed by atoms with van der Waals surface area (Å²) in [6.07, 6.45) is 0. The predicted octanol–water partition coefficient (Wildman–Crippen LogP) is 5.21. The molecule has 158 valence electrons. The van der Waals surface area contributed by atoms with Crippen LogP contribution in [0.25, 0.3) is 27.6 Å². The number of benzene rings is 3. The SMILES string of the molecule is O=c1c2[nH]c3ccccc3c2nc(SCc2ccc([N+](=O)[O-])cc2)n1-c1ccccc1F. The molecule has 0 unspecified atom stereocenters. The number of H-pyrrole nitrogens is 1. The van der Waals surface area contributed by atoms with E-state index in [1.807, 2.05) is 24.3 Å². The number of non-ortho nitro benzene ring substituents is 1. The molecule has 5 rings (SSSR count). The Morgan fingerprint density at radius 3 is 2.50 bits per heavy atom. The van der Waals surface area contributed by atoms with Crippen molar-refractivity contribution in [2.45, 2.75) is 10.9 Å². The van der Waals surface area contributed by atoms with Crippen molar-refractivity contribution in [1.29, 1.82) is 0 Å². The van der Waals surface area contributed by atoms with E-state index >= 15 is 0 Å². The van der Waals surface area contributed by atoms with Gasteiger partial charge in [-0.05, 0) is 23.8 Å². The minimum Gasteiger partial charge on any atom is -0.349 e. The molecule has 5 aromatic rings. The molecule has 0 amide bonds. The first kappa shape index (κ1) is 20.0. The average Bonchev–Trinajstić information content (AvgIpc) is 3.18. The lowest BCUT2D eigenvalue weighted by atomic mass is 10.2. The molecular formula is C23H15FN4O3S. The number of rotatable bonds is 5. The van der Waals surface area contributed by atoms with E-state index in [4.69, 9.17) is 4.98 Å². The van der Waals surface area contributed by atoms with Crippen molar-refractivity contribution >= 4 is 39.4 Å². The van der Waals surface area contributed by atoms with E-state index in [-0.39, 0.29) is 11.4 Å². The zero-order chi connectivity index (χ0) is 22.2. The minimum absolute atomic E-state index is 0.000326. The molecule has 2 aromatic heterocycles.